The molecule has 0 unspecified atom stereocenters. The van der Waals surface area contributed by atoms with Crippen molar-refractivity contribution >= 4 is 10.0 Å². The minimum Gasteiger partial charge on any atom is -0.480 e. The molecule has 1 aliphatic carbocycles. The first kappa shape index (κ1) is 14.5. The van der Waals surface area contributed by atoms with E-state index in [2.05, 4.69) is 9.97 Å². The van der Waals surface area contributed by atoms with E-state index < -0.39 is 10.0 Å². The van der Waals surface area contributed by atoms with Gasteiger partial charge >= 0.3 is 0 Å². The van der Waals surface area contributed by atoms with E-state index in [0.717, 1.165) is 25.7 Å². The Kier molecular flexibility index (Phi) is 3.99. The standard InChI is InChI=1S/C13H19N3O4S/c1-19-12-7-14-8-13(15-12)20-10-3-2-6-16(9-10)21(17,18)11-4-5-11/h7-8,10-11H,2-6,9H2,1H3/t10-/m0/s1. The third-order valence-corrected chi connectivity index (χ3v) is 6.10. The third-order valence-electron chi connectivity index (χ3n) is 3.73. The van der Waals surface area contributed by atoms with E-state index in [1.165, 1.54) is 19.5 Å². The largest absolute Gasteiger partial charge is 0.480 e. The number of hydrogen-bond donors (Lipinski definition) is 0. The first-order chi connectivity index (χ1) is 10.1. The van der Waals surface area contributed by atoms with Crippen LogP contribution in [0.2, 0.25) is 0 Å². The van der Waals surface area contributed by atoms with Crippen LogP contribution >= 0.6 is 0 Å². The zero-order valence-electron chi connectivity index (χ0n) is 11.9. The van der Waals surface area contributed by atoms with Gasteiger partial charge in [-0.1, -0.05) is 0 Å². The van der Waals surface area contributed by atoms with Gasteiger partial charge in [-0.2, -0.15) is 9.29 Å². The van der Waals surface area contributed by atoms with Gasteiger partial charge in [0.25, 0.3) is 0 Å². The minimum atomic E-state index is -3.13. The highest BCUT2D eigenvalue weighted by Gasteiger charge is 2.41. The molecule has 0 N–H and O–H groups in total. The average molecular weight is 313 g/mol. The lowest BCUT2D eigenvalue weighted by Crippen LogP contribution is -2.45. The highest BCUT2D eigenvalue weighted by molar-refractivity contribution is 7.90. The van der Waals surface area contributed by atoms with Crippen LogP contribution < -0.4 is 9.47 Å². The number of rotatable bonds is 5. The van der Waals surface area contributed by atoms with Crippen molar-refractivity contribution in [2.45, 2.75) is 37.0 Å². The lowest BCUT2D eigenvalue weighted by Gasteiger charge is -2.31. The maximum Gasteiger partial charge on any atom is 0.235 e. The summed E-state index contributed by atoms with van der Waals surface area (Å²) >= 11 is 0. The van der Waals surface area contributed by atoms with Crippen LogP contribution in [0.1, 0.15) is 25.7 Å². The summed E-state index contributed by atoms with van der Waals surface area (Å²) in [6.07, 6.45) is 6.00. The molecule has 0 bridgehead atoms. The van der Waals surface area contributed by atoms with Gasteiger partial charge in [-0.15, -0.1) is 0 Å². The second-order valence-corrected chi connectivity index (χ2v) is 7.60. The molecule has 1 atom stereocenters. The first-order valence-corrected chi connectivity index (χ1v) is 8.61. The predicted molar refractivity (Wildman–Crippen MR) is 75.7 cm³/mol. The monoisotopic (exact) mass is 313 g/mol. The molecule has 0 radical (unpaired) electrons. The topological polar surface area (TPSA) is 81.6 Å². The van der Waals surface area contributed by atoms with Gasteiger partial charge in [-0.25, -0.2) is 8.42 Å². The number of aromatic nitrogens is 2. The second kappa shape index (κ2) is 5.76. The zero-order valence-corrected chi connectivity index (χ0v) is 12.8. The fraction of sp³-hybridized carbons (Fsp3) is 0.692. The number of methoxy groups -OCH3 is 1. The fourth-order valence-electron chi connectivity index (χ4n) is 2.47. The van der Waals surface area contributed by atoms with Gasteiger partial charge in [-0.05, 0) is 25.7 Å². The number of ether oxygens (including phenoxy) is 2. The van der Waals surface area contributed by atoms with Gasteiger partial charge < -0.3 is 9.47 Å². The van der Waals surface area contributed by atoms with Crippen molar-refractivity contribution in [3.05, 3.63) is 12.4 Å². The molecule has 0 aromatic carbocycles. The maximum absolute atomic E-state index is 12.3. The van der Waals surface area contributed by atoms with Gasteiger partial charge in [-0.3, -0.25) is 4.98 Å². The highest BCUT2D eigenvalue weighted by Crippen LogP contribution is 2.32. The van der Waals surface area contributed by atoms with E-state index in [1.807, 2.05) is 0 Å². The molecule has 2 heterocycles. The van der Waals surface area contributed by atoms with Crippen molar-refractivity contribution in [3.8, 4) is 11.8 Å². The molecule has 8 heteroatoms. The lowest BCUT2D eigenvalue weighted by atomic mass is 10.1. The number of hydrogen-bond acceptors (Lipinski definition) is 6. The minimum absolute atomic E-state index is 0.173. The van der Waals surface area contributed by atoms with Gasteiger partial charge in [0, 0.05) is 6.54 Å². The van der Waals surface area contributed by atoms with Crippen molar-refractivity contribution in [3.63, 3.8) is 0 Å². The maximum atomic E-state index is 12.3. The van der Waals surface area contributed by atoms with E-state index in [-0.39, 0.29) is 11.4 Å². The molecule has 7 nitrogen and oxygen atoms in total. The first-order valence-electron chi connectivity index (χ1n) is 7.11. The molecule has 1 saturated carbocycles. The van der Waals surface area contributed by atoms with Gasteiger partial charge in [0.1, 0.15) is 6.10 Å². The molecular formula is C13H19N3O4S. The molecule has 1 aliphatic heterocycles. The Hall–Kier alpha value is -1.41. The molecule has 1 aromatic rings. The van der Waals surface area contributed by atoms with Crippen molar-refractivity contribution < 1.29 is 17.9 Å². The van der Waals surface area contributed by atoms with Crippen LogP contribution in [-0.4, -0.2) is 54.2 Å². The number of sulfonamides is 1. The number of nitrogens with zero attached hydrogens (tertiary/aromatic N) is 3. The van der Waals surface area contributed by atoms with Crippen LogP contribution in [0.15, 0.2) is 12.4 Å². The summed E-state index contributed by atoms with van der Waals surface area (Å²) in [5, 5.41) is -0.173. The molecule has 2 aliphatic rings. The molecule has 2 fully saturated rings. The molecule has 1 saturated heterocycles. The molecule has 0 spiro atoms. The van der Waals surface area contributed by atoms with Crippen molar-refractivity contribution in [1.82, 2.24) is 14.3 Å². The third kappa shape index (κ3) is 3.26. The van der Waals surface area contributed by atoms with Crippen molar-refractivity contribution in [1.29, 1.82) is 0 Å². The Morgan fingerprint density at radius 1 is 1.24 bits per heavy atom. The summed E-state index contributed by atoms with van der Waals surface area (Å²) in [5.74, 6) is 0.746. The molecule has 116 valence electrons. The summed E-state index contributed by atoms with van der Waals surface area (Å²) < 4.78 is 36.9. The summed E-state index contributed by atoms with van der Waals surface area (Å²) in [6, 6.07) is 0. The Balaban J connectivity index is 1.65. The molecule has 21 heavy (non-hydrogen) atoms. The lowest BCUT2D eigenvalue weighted by molar-refractivity contribution is 0.123. The van der Waals surface area contributed by atoms with E-state index >= 15 is 0 Å². The summed E-state index contributed by atoms with van der Waals surface area (Å²) in [7, 11) is -1.62. The summed E-state index contributed by atoms with van der Waals surface area (Å²) in [4.78, 5) is 8.13. The second-order valence-electron chi connectivity index (χ2n) is 5.38. The summed E-state index contributed by atoms with van der Waals surface area (Å²) in [5.41, 5.74) is 0. The van der Waals surface area contributed by atoms with E-state index in [4.69, 9.17) is 9.47 Å². The smallest absolute Gasteiger partial charge is 0.235 e. The Labute approximate surface area is 124 Å². The van der Waals surface area contributed by atoms with Crippen LogP contribution in [0, 0.1) is 0 Å². The summed E-state index contributed by atoms with van der Waals surface area (Å²) in [6.45, 7) is 0.972. The zero-order chi connectivity index (χ0) is 14.9. The van der Waals surface area contributed by atoms with Crippen molar-refractivity contribution in [2.24, 2.45) is 0 Å². The molecule has 3 rings (SSSR count). The average Bonchev–Trinajstić information content (AvgIpc) is 3.33. The van der Waals surface area contributed by atoms with Gasteiger partial charge in [0.15, 0.2) is 0 Å². The number of piperidine rings is 1. The van der Waals surface area contributed by atoms with E-state index in [9.17, 15) is 8.42 Å². The Morgan fingerprint density at radius 3 is 2.71 bits per heavy atom. The molecule has 1 aromatic heterocycles. The quantitative estimate of drug-likeness (QED) is 0.800. The van der Waals surface area contributed by atoms with Gasteiger partial charge in [0.05, 0.1) is 31.3 Å². The SMILES string of the molecule is COc1cncc(O[C@H]2CCCN(S(=O)(=O)C3CC3)C2)n1. The Bertz CT molecular complexity index is 603. The van der Waals surface area contributed by atoms with Crippen LogP contribution in [0.25, 0.3) is 0 Å². The van der Waals surface area contributed by atoms with Crippen molar-refractivity contribution in [2.75, 3.05) is 20.2 Å². The predicted octanol–water partition coefficient (Wildman–Crippen LogP) is 0.821. The highest BCUT2D eigenvalue weighted by atomic mass is 32.2. The van der Waals surface area contributed by atoms with E-state index in [1.54, 1.807) is 4.31 Å². The van der Waals surface area contributed by atoms with Crippen LogP contribution in [0.4, 0.5) is 0 Å². The normalized spacial score (nSPS) is 23.8. The fourth-order valence-corrected chi connectivity index (χ4v) is 4.38. The Morgan fingerprint density at radius 2 is 2.00 bits per heavy atom. The van der Waals surface area contributed by atoms with Gasteiger partial charge in [0.2, 0.25) is 21.8 Å². The van der Waals surface area contributed by atoms with Crippen LogP contribution in [-0.2, 0) is 10.0 Å². The van der Waals surface area contributed by atoms with E-state index in [0.29, 0.717) is 24.8 Å². The molecule has 0 amide bonds. The molecular weight excluding hydrogens is 294 g/mol. The van der Waals surface area contributed by atoms with Crippen LogP contribution in [0.5, 0.6) is 11.8 Å². The van der Waals surface area contributed by atoms with Crippen LogP contribution in [0.3, 0.4) is 0 Å².